The van der Waals surface area contributed by atoms with Gasteiger partial charge in [-0.05, 0) is 0 Å². The molecular weight excluding hydrogens is 348 g/mol. The van der Waals surface area contributed by atoms with Gasteiger partial charge in [-0.15, -0.1) is 0 Å². The third kappa shape index (κ3) is 3.48. The number of ether oxygens (including phenoxy) is 1. The number of hydrogen-bond acceptors (Lipinski definition) is 1. The summed E-state index contributed by atoms with van der Waals surface area (Å²) in [4.78, 5) is 0. The van der Waals surface area contributed by atoms with Crippen LogP contribution in [-0.4, -0.2) is 27.5 Å². The first-order valence-corrected chi connectivity index (χ1v) is 8.99. The fraction of sp³-hybridized carbons (Fsp3) is 0.176. The molecule has 1 unspecified atom stereocenters. The second-order valence-corrected chi connectivity index (χ2v) is 7.31. The molecule has 1 atom stereocenters. The predicted octanol–water partition coefficient (Wildman–Crippen LogP) is 3.06. The van der Waals surface area contributed by atoms with E-state index in [1.54, 1.807) is 0 Å². The summed E-state index contributed by atoms with van der Waals surface area (Å²) >= 11 is -0.203. The van der Waals surface area contributed by atoms with Crippen molar-refractivity contribution in [3.8, 4) is 0 Å². The molecule has 1 aliphatic rings. The Bertz CT molecular complexity index is 548. The van der Waals surface area contributed by atoms with Gasteiger partial charge in [-0.2, -0.15) is 0 Å². The van der Waals surface area contributed by atoms with Crippen LogP contribution in [0.4, 0.5) is 0 Å². The zero-order chi connectivity index (χ0) is 12.9. The van der Waals surface area contributed by atoms with Crippen LogP contribution in [0.25, 0.3) is 0 Å². The van der Waals surface area contributed by atoms with Gasteiger partial charge in [0.2, 0.25) is 0 Å². The molecule has 1 saturated heterocycles. The minimum absolute atomic E-state index is 0.203. The maximum atomic E-state index is 5.89. The summed E-state index contributed by atoms with van der Waals surface area (Å²) in [5.74, 6) is 0. The molecule has 2 aromatic rings. The Hall–Kier alpha value is -1.07. The molecular formula is C17H16OTe. The van der Waals surface area contributed by atoms with Crippen LogP contribution in [-0.2, 0) is 4.74 Å². The van der Waals surface area contributed by atoms with E-state index in [0.29, 0.717) is 0 Å². The molecule has 1 fully saturated rings. The summed E-state index contributed by atoms with van der Waals surface area (Å²) < 4.78 is 9.83. The van der Waals surface area contributed by atoms with Gasteiger partial charge in [0, 0.05) is 0 Å². The Morgan fingerprint density at radius 1 is 0.947 bits per heavy atom. The minimum atomic E-state index is -0.203. The van der Waals surface area contributed by atoms with Crippen LogP contribution in [0.5, 0.6) is 0 Å². The van der Waals surface area contributed by atoms with Gasteiger partial charge in [-0.25, -0.2) is 0 Å². The third-order valence-corrected chi connectivity index (χ3v) is 6.04. The predicted molar refractivity (Wildman–Crippen MR) is 79.7 cm³/mol. The summed E-state index contributed by atoms with van der Waals surface area (Å²) in [6.07, 6.45) is 1.32. The van der Waals surface area contributed by atoms with Crippen LogP contribution in [0.15, 0.2) is 70.4 Å². The molecule has 19 heavy (non-hydrogen) atoms. The van der Waals surface area contributed by atoms with E-state index in [-0.39, 0.29) is 27.0 Å². The number of rotatable bonds is 3. The van der Waals surface area contributed by atoms with Crippen LogP contribution in [0, 0.1) is 0 Å². The molecule has 1 aliphatic heterocycles. The number of benzene rings is 2. The van der Waals surface area contributed by atoms with E-state index in [1.165, 1.54) is 14.7 Å². The molecule has 3 rings (SSSR count). The fourth-order valence-corrected chi connectivity index (χ4v) is 4.41. The quantitative estimate of drug-likeness (QED) is 0.761. The van der Waals surface area contributed by atoms with Crippen LogP contribution < -0.4 is 3.61 Å². The molecule has 2 aromatic carbocycles. The summed E-state index contributed by atoms with van der Waals surface area (Å²) in [5.41, 5.74) is 2.77. The Morgan fingerprint density at radius 2 is 1.63 bits per heavy atom. The van der Waals surface area contributed by atoms with E-state index in [1.807, 2.05) is 0 Å². The molecule has 0 saturated carbocycles. The Kier molecular flexibility index (Phi) is 4.35. The summed E-state index contributed by atoms with van der Waals surface area (Å²) in [5, 5.41) is 0. The molecule has 0 aliphatic carbocycles. The fourth-order valence-electron chi connectivity index (χ4n) is 2.18. The molecule has 2 heteroatoms. The van der Waals surface area contributed by atoms with Gasteiger partial charge in [0.25, 0.3) is 0 Å². The standard InChI is InChI=1S/C17H16OTe/c1-3-7-15(8-4-1)17-11-14(12-18-17)13-19-16-9-5-2-6-10-16/h1-10,13,17H,11-12H2/b14-13-. The molecule has 1 heterocycles. The molecule has 96 valence electrons. The average Bonchev–Trinajstić information content (AvgIpc) is 2.96. The summed E-state index contributed by atoms with van der Waals surface area (Å²) in [7, 11) is 0. The van der Waals surface area contributed by atoms with E-state index < -0.39 is 0 Å². The molecule has 0 radical (unpaired) electrons. The first kappa shape index (κ1) is 12.9. The van der Waals surface area contributed by atoms with Crippen molar-refractivity contribution in [2.45, 2.75) is 12.5 Å². The summed E-state index contributed by atoms with van der Waals surface area (Å²) in [6, 6.07) is 21.3. The Balaban J connectivity index is 1.63. The van der Waals surface area contributed by atoms with Crippen molar-refractivity contribution in [2.75, 3.05) is 6.61 Å². The molecule has 1 nitrogen and oxygen atoms in total. The van der Waals surface area contributed by atoms with Crippen molar-refractivity contribution in [2.24, 2.45) is 0 Å². The van der Waals surface area contributed by atoms with Gasteiger partial charge < -0.3 is 0 Å². The molecule has 0 spiro atoms. The van der Waals surface area contributed by atoms with E-state index in [9.17, 15) is 0 Å². The Morgan fingerprint density at radius 3 is 2.37 bits per heavy atom. The first-order chi connectivity index (χ1) is 9.42. The van der Waals surface area contributed by atoms with E-state index in [4.69, 9.17) is 4.74 Å². The second-order valence-electron chi connectivity index (χ2n) is 4.62. The Labute approximate surface area is 124 Å². The molecule has 0 N–H and O–H groups in total. The van der Waals surface area contributed by atoms with Crippen LogP contribution >= 0.6 is 0 Å². The van der Waals surface area contributed by atoms with Crippen molar-refractivity contribution in [3.63, 3.8) is 0 Å². The zero-order valence-corrected chi connectivity index (χ0v) is 13.0. The molecule has 0 aromatic heterocycles. The molecule has 0 bridgehead atoms. The normalized spacial score (nSPS) is 20.8. The topological polar surface area (TPSA) is 9.23 Å². The van der Waals surface area contributed by atoms with Gasteiger partial charge in [-0.3, -0.25) is 0 Å². The monoisotopic (exact) mass is 366 g/mol. The van der Waals surface area contributed by atoms with Crippen molar-refractivity contribution >= 4 is 24.5 Å². The van der Waals surface area contributed by atoms with Crippen LogP contribution in [0.1, 0.15) is 18.1 Å². The van der Waals surface area contributed by atoms with Crippen molar-refractivity contribution < 1.29 is 4.74 Å². The molecule has 0 amide bonds. The van der Waals surface area contributed by atoms with E-state index in [0.717, 1.165) is 13.0 Å². The van der Waals surface area contributed by atoms with Gasteiger partial charge in [0.1, 0.15) is 0 Å². The van der Waals surface area contributed by atoms with Gasteiger partial charge in [-0.1, -0.05) is 0 Å². The van der Waals surface area contributed by atoms with Crippen LogP contribution in [0.3, 0.4) is 0 Å². The van der Waals surface area contributed by atoms with Crippen LogP contribution in [0.2, 0.25) is 0 Å². The van der Waals surface area contributed by atoms with Crippen molar-refractivity contribution in [1.82, 2.24) is 0 Å². The maximum absolute atomic E-state index is 5.89. The van der Waals surface area contributed by atoms with Gasteiger partial charge >= 0.3 is 124 Å². The average molecular weight is 364 g/mol. The van der Waals surface area contributed by atoms with Crippen molar-refractivity contribution in [3.05, 3.63) is 75.9 Å². The summed E-state index contributed by atoms with van der Waals surface area (Å²) in [6.45, 7) is 0.803. The third-order valence-electron chi connectivity index (χ3n) is 3.19. The SMILES string of the molecule is C(/[Te]c1ccccc1)=C1/COC(c2ccccc2)C1. The van der Waals surface area contributed by atoms with E-state index in [2.05, 4.69) is 64.8 Å². The zero-order valence-electron chi connectivity index (χ0n) is 10.7. The van der Waals surface area contributed by atoms with Gasteiger partial charge in [0.05, 0.1) is 0 Å². The van der Waals surface area contributed by atoms with E-state index >= 15 is 0 Å². The van der Waals surface area contributed by atoms with Gasteiger partial charge in [0.15, 0.2) is 0 Å². The first-order valence-electron chi connectivity index (χ1n) is 6.48. The number of hydrogen-bond donors (Lipinski definition) is 0. The van der Waals surface area contributed by atoms with Crippen molar-refractivity contribution in [1.29, 1.82) is 0 Å². The second kappa shape index (κ2) is 6.39.